The van der Waals surface area contributed by atoms with Gasteiger partial charge in [-0.3, -0.25) is 15.1 Å². The van der Waals surface area contributed by atoms with Gasteiger partial charge in [-0.2, -0.15) is 0 Å². The van der Waals surface area contributed by atoms with Gasteiger partial charge in [-0.05, 0) is 73.5 Å². The third-order valence-corrected chi connectivity index (χ3v) is 6.92. The normalized spacial score (nSPS) is 10.7. The first-order valence-electron chi connectivity index (χ1n) is 9.89. The van der Waals surface area contributed by atoms with E-state index < -0.39 is 0 Å². The molecule has 0 bridgehead atoms. The molecule has 2 aromatic heterocycles. The second-order valence-corrected chi connectivity index (χ2v) is 9.71. The lowest BCUT2D eigenvalue weighted by Gasteiger charge is -2.11. The quantitative estimate of drug-likeness (QED) is 0.281. The average molecular weight is 479 g/mol. The van der Waals surface area contributed by atoms with Crippen molar-refractivity contribution in [1.29, 1.82) is 0 Å². The molecule has 0 aliphatic rings. The molecular weight excluding hydrogens is 456 g/mol. The number of rotatable bonds is 7. The number of carbonyl (C=O) groups excluding carboxylic acids is 1. The summed E-state index contributed by atoms with van der Waals surface area (Å²) in [7, 11) is 0. The molecule has 2 heterocycles. The molecule has 1 amide bonds. The number of aryl methyl sites for hydroxylation is 2. The summed E-state index contributed by atoms with van der Waals surface area (Å²) in [4.78, 5) is 23.4. The van der Waals surface area contributed by atoms with Crippen molar-refractivity contribution in [3.63, 3.8) is 0 Å². The molecule has 0 aliphatic heterocycles. The average Bonchev–Trinajstić information content (AvgIpc) is 3.23. The van der Waals surface area contributed by atoms with Crippen LogP contribution >= 0.6 is 35.0 Å². The molecule has 2 N–H and O–H groups in total. The fraction of sp³-hybridized carbons (Fsp3) is 0.125. The van der Waals surface area contributed by atoms with E-state index in [0.717, 1.165) is 28.1 Å². The van der Waals surface area contributed by atoms with E-state index in [1.54, 1.807) is 48.2 Å². The lowest BCUT2D eigenvalue weighted by Crippen LogP contribution is -2.11. The molecule has 0 aliphatic carbocycles. The number of nitrogens with one attached hydrogen (secondary N) is 2. The molecule has 0 atom stereocenters. The van der Waals surface area contributed by atoms with Crippen molar-refractivity contribution in [3.8, 4) is 11.3 Å². The van der Waals surface area contributed by atoms with E-state index >= 15 is 0 Å². The summed E-state index contributed by atoms with van der Waals surface area (Å²) in [6, 6.07) is 16.2. The maximum Gasteiger partial charge on any atom is 0.257 e. The monoisotopic (exact) mass is 478 g/mol. The van der Waals surface area contributed by atoms with Crippen LogP contribution in [-0.2, 0) is 0 Å². The lowest BCUT2D eigenvalue weighted by atomic mass is 10.0. The van der Waals surface area contributed by atoms with Crippen LogP contribution in [-0.4, -0.2) is 22.1 Å². The van der Waals surface area contributed by atoms with Gasteiger partial charge in [0.15, 0.2) is 5.13 Å². The van der Waals surface area contributed by atoms with Crippen molar-refractivity contribution < 1.29 is 4.79 Å². The van der Waals surface area contributed by atoms with E-state index in [9.17, 15) is 4.79 Å². The molecular formula is C24H22N4OS3. The molecule has 0 saturated heterocycles. The van der Waals surface area contributed by atoms with Crippen LogP contribution in [0, 0.1) is 13.8 Å². The highest BCUT2D eigenvalue weighted by Crippen LogP contribution is 2.36. The van der Waals surface area contributed by atoms with Gasteiger partial charge in [0.2, 0.25) is 0 Å². The van der Waals surface area contributed by atoms with Crippen LogP contribution in [0.2, 0.25) is 0 Å². The number of amides is 1. The van der Waals surface area contributed by atoms with E-state index in [0.29, 0.717) is 10.7 Å². The lowest BCUT2D eigenvalue weighted by molar-refractivity contribution is 0.102. The zero-order valence-corrected chi connectivity index (χ0v) is 20.3. The van der Waals surface area contributed by atoms with Crippen molar-refractivity contribution >= 4 is 51.8 Å². The highest BCUT2D eigenvalue weighted by Gasteiger charge is 2.14. The Bertz CT molecular complexity index is 1200. The van der Waals surface area contributed by atoms with E-state index in [-0.39, 0.29) is 5.91 Å². The molecule has 0 radical (unpaired) electrons. The van der Waals surface area contributed by atoms with Gasteiger partial charge < -0.3 is 4.72 Å². The van der Waals surface area contributed by atoms with Crippen LogP contribution in [0.15, 0.2) is 76.1 Å². The van der Waals surface area contributed by atoms with Gasteiger partial charge in [-0.15, -0.1) is 11.3 Å². The summed E-state index contributed by atoms with van der Waals surface area (Å²) >= 11 is 4.75. The molecule has 8 heteroatoms. The van der Waals surface area contributed by atoms with Crippen molar-refractivity contribution in [2.75, 3.05) is 16.3 Å². The Morgan fingerprint density at radius 2 is 1.66 bits per heavy atom. The molecule has 0 unspecified atom stereocenters. The number of pyridine rings is 1. The molecule has 5 nitrogen and oxygen atoms in total. The van der Waals surface area contributed by atoms with Crippen molar-refractivity contribution in [1.82, 2.24) is 9.97 Å². The minimum atomic E-state index is -0.188. The predicted molar refractivity (Wildman–Crippen MR) is 137 cm³/mol. The zero-order valence-electron chi connectivity index (χ0n) is 17.9. The van der Waals surface area contributed by atoms with Crippen LogP contribution in [0.3, 0.4) is 0 Å². The van der Waals surface area contributed by atoms with Crippen molar-refractivity contribution in [2.24, 2.45) is 0 Å². The fourth-order valence-corrected chi connectivity index (χ4v) is 5.43. The number of carbonyl (C=O) groups is 1. The number of hydrogen-bond donors (Lipinski definition) is 2. The van der Waals surface area contributed by atoms with Crippen LogP contribution < -0.4 is 10.0 Å². The second-order valence-electron chi connectivity index (χ2n) is 7.09. The van der Waals surface area contributed by atoms with Gasteiger partial charge in [-0.1, -0.05) is 23.7 Å². The van der Waals surface area contributed by atoms with Crippen molar-refractivity contribution in [3.05, 3.63) is 83.0 Å². The molecule has 4 rings (SSSR count). The smallest absolute Gasteiger partial charge is 0.257 e. The summed E-state index contributed by atoms with van der Waals surface area (Å²) in [5.41, 5.74) is 5.95. The number of benzene rings is 2. The Morgan fingerprint density at radius 1 is 0.969 bits per heavy atom. The summed E-state index contributed by atoms with van der Waals surface area (Å²) in [5, 5.41) is 5.44. The Hall–Kier alpha value is -2.81. The van der Waals surface area contributed by atoms with E-state index in [1.165, 1.54) is 21.1 Å². The molecule has 4 aromatic rings. The summed E-state index contributed by atoms with van der Waals surface area (Å²) in [6.45, 7) is 4.21. The summed E-state index contributed by atoms with van der Waals surface area (Å²) in [5.74, 6) is -0.188. The Kier molecular flexibility index (Phi) is 7.14. The predicted octanol–water partition coefficient (Wildman–Crippen LogP) is 6.92. The highest BCUT2D eigenvalue weighted by atomic mass is 32.2. The largest absolute Gasteiger partial charge is 0.330 e. The standard InChI is InChI=1S/C24H22N4OS3/c1-15-12-20(32-19-6-4-18(5-7-19)28-30-3)13-16(2)22(15)21-14-31-24(26-21)27-23(29)17-8-10-25-11-9-17/h4-14,28H,1-3H3,(H,26,27,29). The number of thiazole rings is 1. The summed E-state index contributed by atoms with van der Waals surface area (Å²) in [6.07, 6.45) is 5.21. The van der Waals surface area contributed by atoms with E-state index in [1.807, 2.05) is 11.6 Å². The Morgan fingerprint density at radius 3 is 2.31 bits per heavy atom. The van der Waals surface area contributed by atoms with Gasteiger partial charge in [0.25, 0.3) is 5.91 Å². The maximum absolute atomic E-state index is 12.4. The van der Waals surface area contributed by atoms with E-state index in [4.69, 9.17) is 0 Å². The van der Waals surface area contributed by atoms with Crippen LogP contribution in [0.5, 0.6) is 0 Å². The highest BCUT2D eigenvalue weighted by molar-refractivity contribution is 8.00. The van der Waals surface area contributed by atoms with Crippen molar-refractivity contribution in [2.45, 2.75) is 23.6 Å². The Balaban J connectivity index is 1.50. The third kappa shape index (κ3) is 5.32. The number of aromatic nitrogens is 2. The molecule has 0 saturated carbocycles. The van der Waals surface area contributed by atoms with Gasteiger partial charge in [0.05, 0.1) is 5.69 Å². The van der Waals surface area contributed by atoms with Gasteiger partial charge in [0.1, 0.15) is 0 Å². The first kappa shape index (κ1) is 22.4. The van der Waals surface area contributed by atoms with Crippen LogP contribution in [0.1, 0.15) is 21.5 Å². The van der Waals surface area contributed by atoms with Crippen LogP contribution in [0.25, 0.3) is 11.3 Å². The zero-order chi connectivity index (χ0) is 22.5. The molecule has 32 heavy (non-hydrogen) atoms. The first-order valence-corrected chi connectivity index (χ1v) is 12.8. The SMILES string of the molecule is CSNc1ccc(Sc2cc(C)c(-c3csc(NC(=O)c4ccncc4)n3)c(C)c2)cc1. The second kappa shape index (κ2) is 10.2. The minimum Gasteiger partial charge on any atom is -0.330 e. The minimum absolute atomic E-state index is 0.188. The van der Waals surface area contributed by atoms with Gasteiger partial charge in [-0.25, -0.2) is 4.98 Å². The molecule has 0 spiro atoms. The topological polar surface area (TPSA) is 66.9 Å². The Labute approximate surface area is 200 Å². The fourth-order valence-electron chi connectivity index (χ4n) is 3.35. The molecule has 162 valence electrons. The van der Waals surface area contributed by atoms with Crippen LogP contribution in [0.4, 0.5) is 10.8 Å². The summed E-state index contributed by atoms with van der Waals surface area (Å²) < 4.78 is 3.24. The molecule has 2 aromatic carbocycles. The third-order valence-electron chi connectivity index (χ3n) is 4.74. The van der Waals surface area contributed by atoms with E-state index in [2.05, 4.69) is 70.3 Å². The maximum atomic E-state index is 12.4. The van der Waals surface area contributed by atoms with Gasteiger partial charge in [0, 0.05) is 50.6 Å². The van der Waals surface area contributed by atoms with Gasteiger partial charge >= 0.3 is 0 Å². The number of hydrogen-bond acceptors (Lipinski definition) is 7. The number of anilines is 2. The number of nitrogens with zero attached hydrogens (tertiary/aromatic N) is 2. The molecule has 0 fully saturated rings. The first-order chi connectivity index (χ1) is 15.5.